The molecule has 0 aromatic heterocycles. The molecule has 0 heterocycles. The Hall–Kier alpha value is -1.44. The van der Waals surface area contributed by atoms with Gasteiger partial charge in [-0.25, -0.2) is 13.1 Å². The van der Waals surface area contributed by atoms with Gasteiger partial charge in [0.05, 0.1) is 10.4 Å². The van der Waals surface area contributed by atoms with Crippen molar-refractivity contribution in [2.45, 2.75) is 31.2 Å². The fourth-order valence-corrected chi connectivity index (χ4v) is 2.42. The maximum Gasteiger partial charge on any atom is 0.240 e. The minimum atomic E-state index is -3.54. The number of nitrogens with one attached hydrogen (secondary N) is 2. The van der Waals surface area contributed by atoms with Gasteiger partial charge in [0, 0.05) is 13.1 Å². The highest BCUT2D eigenvalue weighted by Gasteiger charge is 2.21. The van der Waals surface area contributed by atoms with Gasteiger partial charge < -0.3 is 11.1 Å². The smallest absolute Gasteiger partial charge is 0.240 e. The van der Waals surface area contributed by atoms with Gasteiger partial charge >= 0.3 is 0 Å². The molecule has 6 nitrogen and oxygen atoms in total. The van der Waals surface area contributed by atoms with Crippen LogP contribution >= 0.6 is 0 Å². The molecule has 0 unspecified atom stereocenters. The molecule has 0 aliphatic rings. The second-order valence-corrected chi connectivity index (χ2v) is 6.96. The summed E-state index contributed by atoms with van der Waals surface area (Å²) in [6.07, 6.45) is 0. The minimum Gasteiger partial charge on any atom is -0.353 e. The van der Waals surface area contributed by atoms with Gasteiger partial charge in [-0.3, -0.25) is 4.79 Å². The largest absolute Gasteiger partial charge is 0.353 e. The number of amides is 1. The van der Waals surface area contributed by atoms with E-state index in [1.807, 2.05) is 6.92 Å². The molecule has 0 saturated heterocycles. The summed E-state index contributed by atoms with van der Waals surface area (Å²) in [5.74, 6) is -0.327. The lowest BCUT2D eigenvalue weighted by atomic mass is 10.1. The zero-order valence-corrected chi connectivity index (χ0v) is 12.8. The molecule has 20 heavy (non-hydrogen) atoms. The predicted molar refractivity (Wildman–Crippen MR) is 77.6 cm³/mol. The van der Waals surface area contributed by atoms with E-state index in [0.717, 1.165) is 5.56 Å². The number of hydrogen-bond donors (Lipinski definition) is 3. The normalized spacial score (nSPS) is 12.2. The predicted octanol–water partition coefficient (Wildman–Crippen LogP) is 0.127. The monoisotopic (exact) mass is 299 g/mol. The van der Waals surface area contributed by atoms with Crippen molar-refractivity contribution in [2.24, 2.45) is 5.73 Å². The highest BCUT2D eigenvalue weighted by molar-refractivity contribution is 7.89. The average molecular weight is 299 g/mol. The van der Waals surface area contributed by atoms with Crippen LogP contribution in [0, 0.1) is 6.92 Å². The van der Waals surface area contributed by atoms with E-state index in [4.69, 9.17) is 5.73 Å². The second-order valence-electron chi connectivity index (χ2n) is 5.19. The van der Waals surface area contributed by atoms with Crippen LogP contribution in [0.5, 0.6) is 0 Å². The van der Waals surface area contributed by atoms with E-state index >= 15 is 0 Å². The van der Waals surface area contributed by atoms with Crippen LogP contribution in [0.2, 0.25) is 0 Å². The highest BCUT2D eigenvalue weighted by Crippen LogP contribution is 2.09. The van der Waals surface area contributed by atoms with Crippen molar-refractivity contribution >= 4 is 15.9 Å². The molecule has 0 fully saturated rings. The second kappa shape index (κ2) is 6.34. The topological polar surface area (TPSA) is 101 Å². The molecule has 0 aliphatic carbocycles. The van der Waals surface area contributed by atoms with Gasteiger partial charge in [0.1, 0.15) is 0 Å². The minimum absolute atomic E-state index is 0.109. The zero-order chi connectivity index (χ0) is 15.4. The Morgan fingerprint density at radius 1 is 1.20 bits per heavy atom. The van der Waals surface area contributed by atoms with E-state index in [2.05, 4.69) is 10.0 Å². The van der Waals surface area contributed by atoms with Crippen molar-refractivity contribution in [2.75, 3.05) is 13.1 Å². The Balaban J connectivity index is 2.49. The van der Waals surface area contributed by atoms with Crippen LogP contribution in [-0.4, -0.2) is 33.0 Å². The first-order valence-electron chi connectivity index (χ1n) is 6.26. The molecule has 0 spiro atoms. The van der Waals surface area contributed by atoms with Gasteiger partial charge in [0.25, 0.3) is 0 Å². The summed E-state index contributed by atoms with van der Waals surface area (Å²) in [6.45, 7) is 5.34. The van der Waals surface area contributed by atoms with Gasteiger partial charge in [-0.05, 0) is 32.9 Å². The maximum absolute atomic E-state index is 11.9. The van der Waals surface area contributed by atoms with Gasteiger partial charge in [-0.2, -0.15) is 0 Å². The average Bonchev–Trinajstić information content (AvgIpc) is 2.33. The first-order chi connectivity index (χ1) is 9.13. The molecule has 0 radical (unpaired) electrons. The summed E-state index contributed by atoms with van der Waals surface area (Å²) in [6, 6.07) is 6.54. The van der Waals surface area contributed by atoms with Crippen LogP contribution in [0.3, 0.4) is 0 Å². The zero-order valence-electron chi connectivity index (χ0n) is 11.9. The number of carbonyl (C=O) groups excluding carboxylic acids is 1. The van der Waals surface area contributed by atoms with Crippen molar-refractivity contribution < 1.29 is 13.2 Å². The Morgan fingerprint density at radius 2 is 1.75 bits per heavy atom. The molecule has 112 valence electrons. The number of benzene rings is 1. The lowest BCUT2D eigenvalue weighted by Crippen LogP contribution is -2.50. The number of sulfonamides is 1. The molecular formula is C13H21N3O3S. The fraction of sp³-hybridized carbons (Fsp3) is 0.462. The molecule has 1 aromatic rings. The lowest BCUT2D eigenvalue weighted by Gasteiger charge is -2.17. The van der Waals surface area contributed by atoms with Crippen molar-refractivity contribution in [1.29, 1.82) is 0 Å². The Labute approximate surface area is 119 Å². The Kier molecular flexibility index (Phi) is 5.27. The quantitative estimate of drug-likeness (QED) is 0.650. The van der Waals surface area contributed by atoms with Crippen LogP contribution in [-0.2, 0) is 14.8 Å². The van der Waals surface area contributed by atoms with E-state index < -0.39 is 15.6 Å². The van der Waals surface area contributed by atoms with E-state index in [0.29, 0.717) is 0 Å². The SMILES string of the molecule is Cc1ccc(S(=O)(=O)NCCNC(=O)C(C)(C)N)cc1. The summed E-state index contributed by atoms with van der Waals surface area (Å²) < 4.78 is 26.3. The Bertz CT molecular complexity index is 560. The summed E-state index contributed by atoms with van der Waals surface area (Å²) in [5.41, 5.74) is 5.61. The number of rotatable bonds is 6. The van der Waals surface area contributed by atoms with E-state index in [1.54, 1.807) is 38.1 Å². The van der Waals surface area contributed by atoms with Crippen LogP contribution in [0.4, 0.5) is 0 Å². The van der Waals surface area contributed by atoms with Crippen molar-refractivity contribution in [3.05, 3.63) is 29.8 Å². The van der Waals surface area contributed by atoms with Crippen LogP contribution in [0.1, 0.15) is 19.4 Å². The molecule has 0 bridgehead atoms. The van der Waals surface area contributed by atoms with Crippen molar-refractivity contribution in [3.8, 4) is 0 Å². The van der Waals surface area contributed by atoms with E-state index in [1.165, 1.54) is 0 Å². The third-order valence-corrected chi connectivity index (χ3v) is 4.10. The van der Waals surface area contributed by atoms with Gasteiger partial charge in [0.15, 0.2) is 0 Å². The van der Waals surface area contributed by atoms with Gasteiger partial charge in [0.2, 0.25) is 15.9 Å². The maximum atomic E-state index is 11.9. The van der Waals surface area contributed by atoms with Gasteiger partial charge in [-0.15, -0.1) is 0 Å². The van der Waals surface area contributed by atoms with E-state index in [-0.39, 0.29) is 23.9 Å². The summed E-state index contributed by atoms with van der Waals surface area (Å²) in [4.78, 5) is 11.7. The number of carbonyl (C=O) groups is 1. The third kappa shape index (κ3) is 4.92. The van der Waals surface area contributed by atoms with Crippen molar-refractivity contribution in [1.82, 2.24) is 10.0 Å². The molecule has 1 aromatic carbocycles. The summed E-state index contributed by atoms with van der Waals surface area (Å²) in [7, 11) is -3.54. The lowest BCUT2D eigenvalue weighted by molar-refractivity contribution is -0.125. The number of aryl methyl sites for hydroxylation is 1. The van der Waals surface area contributed by atoms with Crippen LogP contribution in [0.25, 0.3) is 0 Å². The first-order valence-corrected chi connectivity index (χ1v) is 7.75. The first kappa shape index (κ1) is 16.6. The highest BCUT2D eigenvalue weighted by atomic mass is 32.2. The van der Waals surface area contributed by atoms with Crippen LogP contribution < -0.4 is 15.8 Å². The summed E-state index contributed by atoms with van der Waals surface area (Å²) >= 11 is 0. The van der Waals surface area contributed by atoms with Crippen LogP contribution in [0.15, 0.2) is 29.2 Å². The molecular weight excluding hydrogens is 278 g/mol. The molecule has 1 amide bonds. The van der Waals surface area contributed by atoms with Crippen molar-refractivity contribution in [3.63, 3.8) is 0 Å². The fourth-order valence-electron chi connectivity index (χ4n) is 1.39. The number of hydrogen-bond acceptors (Lipinski definition) is 4. The molecule has 4 N–H and O–H groups in total. The molecule has 0 atom stereocenters. The molecule has 7 heteroatoms. The summed E-state index contributed by atoms with van der Waals surface area (Å²) in [5, 5.41) is 2.56. The Morgan fingerprint density at radius 3 is 2.25 bits per heavy atom. The van der Waals surface area contributed by atoms with E-state index in [9.17, 15) is 13.2 Å². The molecule has 1 rings (SSSR count). The molecule has 0 saturated carbocycles. The third-order valence-electron chi connectivity index (χ3n) is 2.62. The number of nitrogens with two attached hydrogens (primary N) is 1. The van der Waals surface area contributed by atoms with Gasteiger partial charge in [-0.1, -0.05) is 17.7 Å². The molecule has 0 aliphatic heterocycles. The standard InChI is InChI=1S/C13H21N3O3S/c1-10-4-6-11(7-5-10)20(18,19)16-9-8-15-12(17)13(2,3)14/h4-7,16H,8-9,14H2,1-3H3,(H,15,17).